The maximum absolute atomic E-state index is 14.6. The summed E-state index contributed by atoms with van der Waals surface area (Å²) in [5.74, 6) is -1.30. The lowest BCUT2D eigenvalue weighted by atomic mass is 9.67. The van der Waals surface area contributed by atoms with E-state index in [2.05, 4.69) is 16.7 Å². The maximum Gasteiger partial charge on any atom is 0.501 e. The summed E-state index contributed by atoms with van der Waals surface area (Å²) in [7, 11) is -1.59. The third kappa shape index (κ3) is 10.2. The van der Waals surface area contributed by atoms with Gasteiger partial charge < -0.3 is 37.2 Å². The van der Waals surface area contributed by atoms with Crippen molar-refractivity contribution in [3.63, 3.8) is 0 Å². The number of hydrogen-bond acceptors (Lipinski definition) is 10. The number of aliphatic hydroxyl groups excluding tert-OH is 1. The minimum absolute atomic E-state index is 0.108. The van der Waals surface area contributed by atoms with E-state index in [1.165, 1.54) is 7.11 Å². The van der Waals surface area contributed by atoms with Crippen LogP contribution in [0.2, 0.25) is 6.04 Å². The van der Waals surface area contributed by atoms with Crippen molar-refractivity contribution in [2.45, 2.75) is 99.6 Å². The molecule has 1 aromatic heterocycles. The number of aromatic nitrogens is 1. The minimum atomic E-state index is -2.95. The van der Waals surface area contributed by atoms with Crippen LogP contribution in [0.15, 0.2) is 48.5 Å². The molecule has 12 heteroatoms. The van der Waals surface area contributed by atoms with Gasteiger partial charge in [0, 0.05) is 53.7 Å². The van der Waals surface area contributed by atoms with Gasteiger partial charge in [0.15, 0.2) is 0 Å². The van der Waals surface area contributed by atoms with Crippen molar-refractivity contribution in [2.75, 3.05) is 46.8 Å². The number of methoxy groups -OCH3 is 1. The topological polar surface area (TPSA) is 132 Å². The van der Waals surface area contributed by atoms with Gasteiger partial charge in [0.25, 0.3) is 0 Å². The zero-order valence-corrected chi connectivity index (χ0v) is 33.8. The first kappa shape index (κ1) is 43.1. The third-order valence-corrected chi connectivity index (χ3v) is 13.1. The van der Waals surface area contributed by atoms with Gasteiger partial charge in [-0.15, -0.1) is 0 Å². The Labute approximate surface area is 310 Å². The van der Waals surface area contributed by atoms with E-state index >= 15 is 0 Å². The van der Waals surface area contributed by atoms with Gasteiger partial charge in [0.05, 0.1) is 36.6 Å². The zero-order chi connectivity index (χ0) is 38.6. The van der Waals surface area contributed by atoms with Gasteiger partial charge in [-0.2, -0.15) is 0 Å². The molecule has 3 unspecified atom stereocenters. The van der Waals surface area contributed by atoms with Crippen LogP contribution >= 0.6 is 0 Å². The van der Waals surface area contributed by atoms with Crippen molar-refractivity contribution >= 4 is 48.5 Å². The molecule has 0 aliphatic heterocycles. The molecule has 3 atom stereocenters. The SMILES string of the molecule is CCO[Si](CCCOC(=O)C(C)(CC(CC(C)(C)C(=O)OCCO)n1c2ccccc2c2ccccc21)CC(C)(CC)C(=O)OC)(OCC)OCC. The van der Waals surface area contributed by atoms with Crippen LogP contribution < -0.4 is 0 Å². The number of para-hydroxylation sites is 2. The molecule has 3 rings (SSSR count). The van der Waals surface area contributed by atoms with Crippen LogP contribution in [0.4, 0.5) is 0 Å². The fraction of sp³-hybridized carbons (Fsp3) is 0.625. The molecule has 3 aromatic rings. The molecule has 0 aliphatic rings. The standard InChI is InChI=1S/C40H61NO10Si/c1-10-39(7,36(44)46-9)29-40(8,37(45)47-24-18-26-52(49-11-2,50-12-3)51-13-4)28-30(27-38(5,6)35(43)48-25-23-42)41-33-21-16-14-19-31(33)32-20-15-17-22-34(32)41/h14-17,19-22,30,42H,10-13,18,23-29H2,1-9H3. The Balaban J connectivity index is 2.12. The fourth-order valence-corrected chi connectivity index (χ4v) is 10.0. The normalized spacial score (nSPS) is 15.2. The smallest absolute Gasteiger partial charge is 0.469 e. The fourth-order valence-electron chi connectivity index (χ4n) is 7.43. The lowest BCUT2D eigenvalue weighted by Crippen LogP contribution is -2.46. The second kappa shape index (κ2) is 19.2. The maximum atomic E-state index is 14.6. The highest BCUT2D eigenvalue weighted by atomic mass is 28.4. The second-order valence-electron chi connectivity index (χ2n) is 14.6. The summed E-state index contributed by atoms with van der Waals surface area (Å²) in [6.45, 7) is 16.0. The largest absolute Gasteiger partial charge is 0.501 e. The van der Waals surface area contributed by atoms with Crippen LogP contribution in [0.5, 0.6) is 0 Å². The Hall–Kier alpha value is -3.29. The van der Waals surface area contributed by atoms with E-state index < -0.39 is 49.0 Å². The van der Waals surface area contributed by atoms with Gasteiger partial charge in [0.1, 0.15) is 6.61 Å². The van der Waals surface area contributed by atoms with Gasteiger partial charge in [-0.3, -0.25) is 14.4 Å². The highest BCUT2D eigenvalue weighted by Crippen LogP contribution is 2.48. The van der Waals surface area contributed by atoms with Crippen molar-refractivity contribution in [1.29, 1.82) is 0 Å². The number of fused-ring (bicyclic) bond motifs is 3. The Kier molecular flexibility index (Phi) is 15.9. The summed E-state index contributed by atoms with van der Waals surface area (Å²) in [4.78, 5) is 41.3. The van der Waals surface area contributed by atoms with Crippen LogP contribution in [0, 0.1) is 16.2 Å². The van der Waals surface area contributed by atoms with Crippen LogP contribution in [0.25, 0.3) is 21.8 Å². The lowest BCUT2D eigenvalue weighted by Gasteiger charge is -2.40. The molecule has 0 amide bonds. The summed E-state index contributed by atoms with van der Waals surface area (Å²) in [6, 6.07) is 16.2. The van der Waals surface area contributed by atoms with E-state index in [9.17, 15) is 19.5 Å². The molecule has 52 heavy (non-hydrogen) atoms. The van der Waals surface area contributed by atoms with Crippen LogP contribution in [0.1, 0.15) is 93.5 Å². The summed E-state index contributed by atoms with van der Waals surface area (Å²) in [5, 5.41) is 11.5. The monoisotopic (exact) mass is 743 g/mol. The summed E-state index contributed by atoms with van der Waals surface area (Å²) >= 11 is 0. The van der Waals surface area contributed by atoms with E-state index in [4.69, 9.17) is 27.5 Å². The van der Waals surface area contributed by atoms with E-state index in [-0.39, 0.29) is 32.7 Å². The molecular formula is C40H61NO10Si. The van der Waals surface area contributed by atoms with Gasteiger partial charge in [-0.05, 0) is 92.7 Å². The number of ether oxygens (including phenoxy) is 3. The zero-order valence-electron chi connectivity index (χ0n) is 32.8. The van der Waals surface area contributed by atoms with Crippen molar-refractivity contribution in [3.8, 4) is 0 Å². The predicted octanol–water partition coefficient (Wildman–Crippen LogP) is 7.64. The molecule has 0 spiro atoms. The van der Waals surface area contributed by atoms with E-state index in [1.807, 2.05) is 91.8 Å². The molecule has 0 radical (unpaired) electrons. The van der Waals surface area contributed by atoms with E-state index in [1.54, 1.807) is 0 Å². The Morgan fingerprint density at radius 2 is 1.25 bits per heavy atom. The second-order valence-corrected chi connectivity index (χ2v) is 17.3. The molecule has 2 aromatic carbocycles. The molecule has 1 heterocycles. The van der Waals surface area contributed by atoms with Crippen LogP contribution in [0.3, 0.4) is 0 Å². The number of benzene rings is 2. The van der Waals surface area contributed by atoms with Crippen LogP contribution in [-0.4, -0.2) is 83.1 Å². The van der Waals surface area contributed by atoms with Crippen molar-refractivity contribution in [1.82, 2.24) is 4.57 Å². The summed E-state index contributed by atoms with van der Waals surface area (Å²) in [5.41, 5.74) is -1.28. The van der Waals surface area contributed by atoms with Crippen molar-refractivity contribution in [3.05, 3.63) is 48.5 Å². The highest BCUT2D eigenvalue weighted by Gasteiger charge is 2.48. The summed E-state index contributed by atoms with van der Waals surface area (Å²) < 4.78 is 37.0. The van der Waals surface area contributed by atoms with Gasteiger partial charge >= 0.3 is 26.7 Å². The van der Waals surface area contributed by atoms with Crippen molar-refractivity contribution in [2.24, 2.45) is 16.2 Å². The quantitative estimate of drug-likeness (QED) is 0.0447. The molecule has 0 fully saturated rings. The van der Waals surface area contributed by atoms with Gasteiger partial charge in [-0.1, -0.05) is 43.3 Å². The first-order chi connectivity index (χ1) is 24.7. The average Bonchev–Trinajstić information content (AvgIpc) is 3.46. The Morgan fingerprint density at radius 3 is 1.73 bits per heavy atom. The lowest BCUT2D eigenvalue weighted by molar-refractivity contribution is -0.164. The van der Waals surface area contributed by atoms with E-state index in [0.29, 0.717) is 45.1 Å². The number of hydrogen-bond donors (Lipinski definition) is 1. The number of carbonyl (C=O) groups is 3. The predicted molar refractivity (Wildman–Crippen MR) is 204 cm³/mol. The number of aliphatic hydroxyl groups is 1. The van der Waals surface area contributed by atoms with E-state index in [0.717, 1.165) is 21.8 Å². The number of rotatable bonds is 23. The Morgan fingerprint density at radius 1 is 0.731 bits per heavy atom. The molecule has 1 N–H and O–H groups in total. The molecule has 0 saturated heterocycles. The highest BCUT2D eigenvalue weighted by molar-refractivity contribution is 6.60. The van der Waals surface area contributed by atoms with Gasteiger partial charge in [0.2, 0.25) is 0 Å². The number of esters is 3. The average molecular weight is 744 g/mol. The molecule has 290 valence electrons. The first-order valence-electron chi connectivity index (χ1n) is 18.6. The number of nitrogens with zero attached hydrogens (tertiary/aromatic N) is 1. The molecule has 0 saturated carbocycles. The van der Waals surface area contributed by atoms with Crippen molar-refractivity contribution < 1.29 is 47.0 Å². The van der Waals surface area contributed by atoms with Gasteiger partial charge in [-0.25, -0.2) is 0 Å². The first-order valence-corrected chi connectivity index (χ1v) is 20.6. The molecule has 0 aliphatic carbocycles. The van der Waals surface area contributed by atoms with Crippen LogP contribution in [-0.2, 0) is 41.9 Å². The Bertz CT molecular complexity index is 1550. The molecule has 11 nitrogen and oxygen atoms in total. The number of carbonyl (C=O) groups excluding carboxylic acids is 3. The molecule has 0 bridgehead atoms. The molecular weight excluding hydrogens is 683 g/mol. The summed E-state index contributed by atoms with van der Waals surface area (Å²) in [6.07, 6.45) is 1.60. The third-order valence-electron chi connectivity index (χ3n) is 9.98. The minimum Gasteiger partial charge on any atom is -0.469 e.